The minimum Gasteiger partial charge on any atom is -0.477 e. The number of carboxylic acid groups (broad SMARTS) is 1. The van der Waals surface area contributed by atoms with Gasteiger partial charge in [-0.3, -0.25) is 4.68 Å². The molecule has 0 aliphatic heterocycles. The van der Waals surface area contributed by atoms with E-state index in [1.807, 2.05) is 42.5 Å². The molecular weight excluding hydrogens is 312 g/mol. The Morgan fingerprint density at radius 2 is 1.78 bits per heavy atom. The minimum absolute atomic E-state index is 0.186. The van der Waals surface area contributed by atoms with Crippen LogP contribution in [-0.2, 0) is 13.0 Å². The molecule has 5 heteroatoms. The number of halogens is 1. The van der Waals surface area contributed by atoms with Gasteiger partial charge >= 0.3 is 5.97 Å². The Labute approximate surface area is 139 Å². The molecule has 4 nitrogen and oxygen atoms in total. The van der Waals surface area contributed by atoms with E-state index < -0.39 is 5.97 Å². The van der Waals surface area contributed by atoms with Gasteiger partial charge in [-0.1, -0.05) is 54.1 Å². The van der Waals surface area contributed by atoms with E-state index in [0.717, 1.165) is 17.5 Å². The molecule has 0 saturated heterocycles. The van der Waals surface area contributed by atoms with Gasteiger partial charge in [0.15, 0.2) is 0 Å². The predicted molar refractivity (Wildman–Crippen MR) is 89.8 cm³/mol. The van der Waals surface area contributed by atoms with Crippen molar-refractivity contribution in [2.24, 2.45) is 0 Å². The van der Waals surface area contributed by atoms with Crippen LogP contribution < -0.4 is 0 Å². The summed E-state index contributed by atoms with van der Waals surface area (Å²) in [4.78, 5) is 11.4. The van der Waals surface area contributed by atoms with Gasteiger partial charge in [-0.05, 0) is 30.2 Å². The Balaban J connectivity index is 1.87. The van der Waals surface area contributed by atoms with E-state index in [0.29, 0.717) is 17.3 Å². The second kappa shape index (κ2) is 6.67. The molecular formula is C18H15ClN2O2. The summed E-state index contributed by atoms with van der Waals surface area (Å²) in [5, 5.41) is 14.5. The number of benzene rings is 2. The number of rotatable bonds is 5. The third-order valence-corrected chi connectivity index (χ3v) is 3.85. The molecule has 0 aliphatic rings. The second-order valence-corrected chi connectivity index (χ2v) is 5.62. The Hall–Kier alpha value is -2.59. The third-order valence-electron chi connectivity index (χ3n) is 3.59. The molecule has 3 aromatic rings. The average molecular weight is 327 g/mol. The van der Waals surface area contributed by atoms with Crippen molar-refractivity contribution in [1.82, 2.24) is 9.78 Å². The van der Waals surface area contributed by atoms with Crippen LogP contribution >= 0.6 is 11.6 Å². The van der Waals surface area contributed by atoms with Gasteiger partial charge in [0, 0.05) is 17.1 Å². The van der Waals surface area contributed by atoms with Gasteiger partial charge in [0.2, 0.25) is 0 Å². The number of carbonyl (C=O) groups is 1. The predicted octanol–water partition coefficient (Wildman–Crippen LogP) is 4.14. The third kappa shape index (κ3) is 3.60. The molecule has 0 fully saturated rings. The summed E-state index contributed by atoms with van der Waals surface area (Å²) >= 11 is 5.88. The molecule has 1 N–H and O–H groups in total. The van der Waals surface area contributed by atoms with E-state index in [2.05, 4.69) is 5.10 Å². The van der Waals surface area contributed by atoms with E-state index in [4.69, 9.17) is 11.6 Å². The van der Waals surface area contributed by atoms with Crippen LogP contribution in [0.3, 0.4) is 0 Å². The molecule has 0 aliphatic carbocycles. The fourth-order valence-electron chi connectivity index (χ4n) is 2.40. The first-order valence-corrected chi connectivity index (χ1v) is 7.62. The van der Waals surface area contributed by atoms with Crippen LogP contribution in [0, 0.1) is 0 Å². The second-order valence-electron chi connectivity index (χ2n) is 5.19. The quantitative estimate of drug-likeness (QED) is 0.766. The largest absolute Gasteiger partial charge is 0.477 e. The molecule has 0 spiro atoms. The SMILES string of the molecule is O=C(O)c1cc(-c2ccc(Cl)cc2)nn1CCc1ccccc1. The molecule has 0 bridgehead atoms. The molecule has 0 saturated carbocycles. The monoisotopic (exact) mass is 326 g/mol. The summed E-state index contributed by atoms with van der Waals surface area (Å²) in [6.45, 7) is 0.513. The van der Waals surface area contributed by atoms with Gasteiger partial charge in [-0.25, -0.2) is 4.79 Å². The number of nitrogens with zero attached hydrogens (tertiary/aromatic N) is 2. The zero-order valence-electron chi connectivity index (χ0n) is 12.3. The molecule has 0 atom stereocenters. The molecule has 0 amide bonds. The lowest BCUT2D eigenvalue weighted by molar-refractivity contribution is 0.0683. The lowest BCUT2D eigenvalue weighted by Gasteiger charge is -2.04. The van der Waals surface area contributed by atoms with Crippen molar-refractivity contribution in [1.29, 1.82) is 0 Å². The molecule has 3 rings (SSSR count). The Morgan fingerprint density at radius 1 is 1.09 bits per heavy atom. The van der Waals surface area contributed by atoms with Crippen molar-refractivity contribution in [2.45, 2.75) is 13.0 Å². The van der Waals surface area contributed by atoms with Crippen LogP contribution in [-0.4, -0.2) is 20.9 Å². The van der Waals surface area contributed by atoms with Gasteiger partial charge in [0.1, 0.15) is 5.69 Å². The molecule has 0 radical (unpaired) electrons. The summed E-state index contributed by atoms with van der Waals surface area (Å²) < 4.78 is 1.54. The zero-order valence-corrected chi connectivity index (χ0v) is 13.1. The average Bonchev–Trinajstić information content (AvgIpc) is 2.99. The Bertz CT molecular complexity index is 811. The highest BCUT2D eigenvalue weighted by molar-refractivity contribution is 6.30. The summed E-state index contributed by atoms with van der Waals surface area (Å²) in [7, 11) is 0. The maximum atomic E-state index is 11.4. The van der Waals surface area contributed by atoms with Crippen LogP contribution in [0.1, 0.15) is 16.1 Å². The number of aromatic carboxylic acids is 1. The summed E-state index contributed by atoms with van der Waals surface area (Å²) in [5.41, 5.74) is 2.81. The summed E-state index contributed by atoms with van der Waals surface area (Å²) in [5.74, 6) is -0.981. The van der Waals surface area contributed by atoms with E-state index in [9.17, 15) is 9.90 Å². The van der Waals surface area contributed by atoms with Crippen LogP contribution in [0.5, 0.6) is 0 Å². The van der Waals surface area contributed by atoms with E-state index >= 15 is 0 Å². The molecule has 116 valence electrons. The Kier molecular flexibility index (Phi) is 4.44. The highest BCUT2D eigenvalue weighted by atomic mass is 35.5. The zero-order chi connectivity index (χ0) is 16.2. The van der Waals surface area contributed by atoms with E-state index in [-0.39, 0.29) is 5.69 Å². The first-order valence-electron chi connectivity index (χ1n) is 7.24. The van der Waals surface area contributed by atoms with Gasteiger partial charge in [-0.15, -0.1) is 0 Å². The van der Waals surface area contributed by atoms with Crippen LogP contribution in [0.2, 0.25) is 5.02 Å². The molecule has 2 aromatic carbocycles. The number of hydrogen-bond donors (Lipinski definition) is 1. The highest BCUT2D eigenvalue weighted by Gasteiger charge is 2.15. The summed E-state index contributed by atoms with van der Waals surface area (Å²) in [6.07, 6.45) is 0.725. The Morgan fingerprint density at radius 3 is 2.43 bits per heavy atom. The van der Waals surface area contributed by atoms with Gasteiger partial charge in [0.05, 0.1) is 5.69 Å². The first kappa shape index (κ1) is 15.3. The number of aromatic nitrogens is 2. The molecule has 1 heterocycles. The van der Waals surface area contributed by atoms with Crippen molar-refractivity contribution >= 4 is 17.6 Å². The fraction of sp³-hybridized carbons (Fsp3) is 0.111. The molecule has 1 aromatic heterocycles. The fourth-order valence-corrected chi connectivity index (χ4v) is 2.53. The smallest absolute Gasteiger partial charge is 0.354 e. The van der Waals surface area contributed by atoms with Crippen molar-refractivity contribution in [3.8, 4) is 11.3 Å². The minimum atomic E-state index is -0.981. The lowest BCUT2D eigenvalue weighted by atomic mass is 10.1. The highest BCUT2D eigenvalue weighted by Crippen LogP contribution is 2.21. The number of aryl methyl sites for hydroxylation is 2. The van der Waals surface area contributed by atoms with Crippen molar-refractivity contribution in [3.05, 3.63) is 76.9 Å². The maximum Gasteiger partial charge on any atom is 0.354 e. The van der Waals surface area contributed by atoms with Crippen LogP contribution in [0.15, 0.2) is 60.7 Å². The number of hydrogen-bond acceptors (Lipinski definition) is 2. The molecule has 0 unspecified atom stereocenters. The number of carboxylic acids is 1. The maximum absolute atomic E-state index is 11.4. The normalized spacial score (nSPS) is 10.7. The van der Waals surface area contributed by atoms with Crippen molar-refractivity contribution in [2.75, 3.05) is 0 Å². The van der Waals surface area contributed by atoms with Crippen molar-refractivity contribution in [3.63, 3.8) is 0 Å². The standard InChI is InChI=1S/C18H15ClN2O2/c19-15-8-6-14(7-9-15)16-12-17(18(22)23)21(20-16)11-10-13-4-2-1-3-5-13/h1-9,12H,10-11H2,(H,22,23). The first-order chi connectivity index (χ1) is 11.1. The van der Waals surface area contributed by atoms with Crippen molar-refractivity contribution < 1.29 is 9.90 Å². The lowest BCUT2D eigenvalue weighted by Crippen LogP contribution is -2.11. The van der Waals surface area contributed by atoms with E-state index in [1.54, 1.807) is 22.9 Å². The molecule has 23 heavy (non-hydrogen) atoms. The topological polar surface area (TPSA) is 55.1 Å². The van der Waals surface area contributed by atoms with Gasteiger partial charge in [-0.2, -0.15) is 5.10 Å². The van der Waals surface area contributed by atoms with Gasteiger partial charge in [0.25, 0.3) is 0 Å². The van der Waals surface area contributed by atoms with Crippen LogP contribution in [0.4, 0.5) is 0 Å². The summed E-state index contributed by atoms with van der Waals surface area (Å²) in [6, 6.07) is 18.7. The van der Waals surface area contributed by atoms with Crippen LogP contribution in [0.25, 0.3) is 11.3 Å². The van der Waals surface area contributed by atoms with Gasteiger partial charge < -0.3 is 5.11 Å². The van der Waals surface area contributed by atoms with E-state index in [1.165, 1.54) is 0 Å².